The highest BCUT2D eigenvalue weighted by Gasteiger charge is 2.64. The Kier molecular flexibility index (Phi) is 3.95. The van der Waals surface area contributed by atoms with Crippen molar-refractivity contribution in [3.63, 3.8) is 0 Å². The monoisotopic (exact) mass is 355 g/mol. The van der Waals surface area contributed by atoms with Crippen LogP contribution in [0.25, 0.3) is 0 Å². The minimum absolute atomic E-state index is 0.0710. The zero-order chi connectivity index (χ0) is 17.5. The Morgan fingerprint density at radius 3 is 2.21 bits per heavy atom. The summed E-state index contributed by atoms with van der Waals surface area (Å²) in [6, 6.07) is 10.1. The number of amides is 1. The molecule has 2 N–H and O–H groups in total. The predicted molar refractivity (Wildman–Crippen MR) is 83.5 cm³/mol. The first kappa shape index (κ1) is 16.6. The Morgan fingerprint density at radius 1 is 1.12 bits per heavy atom. The third-order valence-corrected chi connectivity index (χ3v) is 4.44. The summed E-state index contributed by atoms with van der Waals surface area (Å²) in [5.74, 6) is 0.0719. The maximum absolute atomic E-state index is 13.2. The highest BCUT2D eigenvalue weighted by Crippen LogP contribution is 2.59. The van der Waals surface area contributed by atoms with Gasteiger partial charge in [-0.1, -0.05) is 17.7 Å². The molecule has 24 heavy (non-hydrogen) atoms. The molecule has 7 heteroatoms. The van der Waals surface area contributed by atoms with Gasteiger partial charge in [-0.15, -0.1) is 0 Å². The SMILES string of the molecule is NC(=O)c1ccc(Oc2ccc(C3(C(F)(F)F)CC3)cc2Cl)cc1. The fourth-order valence-electron chi connectivity index (χ4n) is 2.56. The van der Waals surface area contributed by atoms with E-state index in [1.165, 1.54) is 42.5 Å². The first-order valence-corrected chi connectivity index (χ1v) is 7.55. The van der Waals surface area contributed by atoms with E-state index in [-0.39, 0.29) is 29.2 Å². The van der Waals surface area contributed by atoms with E-state index in [1.54, 1.807) is 0 Å². The van der Waals surface area contributed by atoms with Gasteiger partial charge in [0, 0.05) is 5.56 Å². The third-order valence-electron chi connectivity index (χ3n) is 4.14. The van der Waals surface area contributed by atoms with E-state index in [0.29, 0.717) is 11.3 Å². The molecule has 1 fully saturated rings. The molecule has 0 spiro atoms. The van der Waals surface area contributed by atoms with Crippen molar-refractivity contribution >= 4 is 17.5 Å². The molecule has 0 atom stereocenters. The minimum atomic E-state index is -4.29. The number of carbonyl (C=O) groups is 1. The van der Waals surface area contributed by atoms with E-state index >= 15 is 0 Å². The van der Waals surface area contributed by atoms with Crippen molar-refractivity contribution in [2.24, 2.45) is 5.73 Å². The summed E-state index contributed by atoms with van der Waals surface area (Å²) in [7, 11) is 0. The van der Waals surface area contributed by atoms with Gasteiger partial charge in [-0.2, -0.15) is 13.2 Å². The second kappa shape index (κ2) is 5.70. The molecule has 0 unspecified atom stereocenters. The Labute approximate surface area is 141 Å². The van der Waals surface area contributed by atoms with Crippen LogP contribution in [-0.2, 0) is 5.41 Å². The van der Waals surface area contributed by atoms with E-state index in [0.717, 1.165) is 0 Å². The van der Waals surface area contributed by atoms with E-state index in [2.05, 4.69) is 0 Å². The lowest BCUT2D eigenvalue weighted by Gasteiger charge is -2.20. The van der Waals surface area contributed by atoms with Crippen LogP contribution in [0, 0.1) is 0 Å². The Bertz CT molecular complexity index is 783. The summed E-state index contributed by atoms with van der Waals surface area (Å²) < 4.78 is 45.0. The van der Waals surface area contributed by atoms with Crippen LogP contribution in [0.2, 0.25) is 5.02 Å². The molecule has 3 nitrogen and oxygen atoms in total. The summed E-state index contributed by atoms with van der Waals surface area (Å²) >= 11 is 6.08. The lowest BCUT2D eigenvalue weighted by Crippen LogP contribution is -2.28. The van der Waals surface area contributed by atoms with E-state index in [1.807, 2.05) is 0 Å². The molecule has 0 aliphatic heterocycles. The Morgan fingerprint density at radius 2 is 1.75 bits per heavy atom. The Hall–Kier alpha value is -2.21. The van der Waals surface area contributed by atoms with Crippen LogP contribution in [0.15, 0.2) is 42.5 Å². The van der Waals surface area contributed by atoms with Crippen LogP contribution in [-0.4, -0.2) is 12.1 Å². The van der Waals surface area contributed by atoms with Gasteiger partial charge in [0.05, 0.1) is 10.4 Å². The van der Waals surface area contributed by atoms with Crippen LogP contribution in [0.1, 0.15) is 28.8 Å². The summed E-state index contributed by atoms with van der Waals surface area (Å²) in [5, 5.41) is 0.0991. The number of nitrogens with two attached hydrogens (primary N) is 1. The van der Waals surface area contributed by atoms with E-state index < -0.39 is 17.5 Å². The topological polar surface area (TPSA) is 52.3 Å². The fourth-order valence-corrected chi connectivity index (χ4v) is 2.78. The van der Waals surface area contributed by atoms with Gasteiger partial charge in [0.2, 0.25) is 5.91 Å². The quantitative estimate of drug-likeness (QED) is 0.854. The van der Waals surface area contributed by atoms with Gasteiger partial charge in [0.1, 0.15) is 11.5 Å². The molecule has 126 valence electrons. The van der Waals surface area contributed by atoms with Gasteiger partial charge in [0.25, 0.3) is 0 Å². The number of halogens is 4. The van der Waals surface area contributed by atoms with Gasteiger partial charge >= 0.3 is 6.18 Å². The fraction of sp³-hybridized carbons (Fsp3) is 0.235. The average Bonchev–Trinajstić information content (AvgIpc) is 3.31. The second-order valence-electron chi connectivity index (χ2n) is 5.72. The van der Waals surface area contributed by atoms with Crippen LogP contribution in [0.5, 0.6) is 11.5 Å². The summed E-state index contributed by atoms with van der Waals surface area (Å²) in [6.45, 7) is 0. The molecule has 1 aliphatic carbocycles. The van der Waals surface area contributed by atoms with Crippen molar-refractivity contribution in [2.45, 2.75) is 24.4 Å². The van der Waals surface area contributed by atoms with Crippen molar-refractivity contribution < 1.29 is 22.7 Å². The molecular formula is C17H13ClF3NO2. The number of ether oxygens (including phenoxy) is 1. The van der Waals surface area contributed by atoms with Crippen LogP contribution in [0.4, 0.5) is 13.2 Å². The van der Waals surface area contributed by atoms with Crippen LogP contribution in [0.3, 0.4) is 0 Å². The first-order chi connectivity index (χ1) is 11.2. The lowest BCUT2D eigenvalue weighted by molar-refractivity contribution is -0.160. The number of carbonyl (C=O) groups excluding carboxylic acids is 1. The van der Waals surface area contributed by atoms with Crippen molar-refractivity contribution in [1.29, 1.82) is 0 Å². The molecule has 2 aromatic carbocycles. The van der Waals surface area contributed by atoms with Gasteiger partial charge in [-0.3, -0.25) is 4.79 Å². The van der Waals surface area contributed by atoms with Gasteiger partial charge in [-0.25, -0.2) is 0 Å². The zero-order valence-electron chi connectivity index (χ0n) is 12.4. The number of primary amides is 1. The molecule has 1 amide bonds. The van der Waals surface area contributed by atoms with Crippen LogP contribution >= 0.6 is 11.6 Å². The minimum Gasteiger partial charge on any atom is -0.456 e. The van der Waals surface area contributed by atoms with Crippen molar-refractivity contribution in [1.82, 2.24) is 0 Å². The molecular weight excluding hydrogens is 343 g/mol. The largest absolute Gasteiger partial charge is 0.456 e. The number of hydrogen-bond acceptors (Lipinski definition) is 2. The van der Waals surface area contributed by atoms with Crippen LogP contribution < -0.4 is 10.5 Å². The maximum atomic E-state index is 13.2. The van der Waals surface area contributed by atoms with Gasteiger partial charge in [-0.05, 0) is 54.8 Å². The number of hydrogen-bond donors (Lipinski definition) is 1. The van der Waals surface area contributed by atoms with E-state index in [4.69, 9.17) is 22.1 Å². The number of alkyl halides is 3. The molecule has 1 aliphatic rings. The molecule has 1 saturated carbocycles. The predicted octanol–water partition coefficient (Wildman–Crippen LogP) is 4.83. The van der Waals surface area contributed by atoms with E-state index in [9.17, 15) is 18.0 Å². The normalized spacial score (nSPS) is 15.8. The maximum Gasteiger partial charge on any atom is 0.398 e. The number of rotatable bonds is 4. The molecule has 3 rings (SSSR count). The zero-order valence-corrected chi connectivity index (χ0v) is 13.1. The average molecular weight is 356 g/mol. The third kappa shape index (κ3) is 2.94. The van der Waals surface area contributed by atoms with Gasteiger partial charge in [0.15, 0.2) is 0 Å². The van der Waals surface area contributed by atoms with Gasteiger partial charge < -0.3 is 10.5 Å². The number of benzene rings is 2. The molecule has 2 aromatic rings. The van der Waals surface area contributed by atoms with Crippen molar-refractivity contribution in [2.75, 3.05) is 0 Å². The second-order valence-corrected chi connectivity index (χ2v) is 6.12. The summed E-state index contributed by atoms with van der Waals surface area (Å²) in [5.41, 5.74) is 3.84. The lowest BCUT2D eigenvalue weighted by atomic mass is 9.95. The van der Waals surface area contributed by atoms with Crippen molar-refractivity contribution in [3.05, 3.63) is 58.6 Å². The Balaban J connectivity index is 1.82. The first-order valence-electron chi connectivity index (χ1n) is 7.17. The highest BCUT2D eigenvalue weighted by atomic mass is 35.5. The molecule has 0 heterocycles. The molecule has 0 bridgehead atoms. The highest BCUT2D eigenvalue weighted by molar-refractivity contribution is 6.32. The van der Waals surface area contributed by atoms with Crippen molar-refractivity contribution in [3.8, 4) is 11.5 Å². The molecule has 0 aromatic heterocycles. The standard InChI is InChI=1S/C17H13ClF3NO2/c18-13-9-11(16(7-8-16)17(19,20)21)3-6-14(13)24-12-4-1-10(2-5-12)15(22)23/h1-6,9H,7-8H2,(H2,22,23). The summed E-state index contributed by atoms with van der Waals surface area (Å²) in [6.07, 6.45) is -4.15. The summed E-state index contributed by atoms with van der Waals surface area (Å²) in [4.78, 5) is 11.0. The molecule has 0 saturated heterocycles. The molecule has 0 radical (unpaired) electrons. The smallest absolute Gasteiger partial charge is 0.398 e.